The summed E-state index contributed by atoms with van der Waals surface area (Å²) in [6.07, 6.45) is 0. The van der Waals surface area contributed by atoms with Crippen molar-refractivity contribution < 1.29 is 10.4 Å². The predicted octanol–water partition coefficient (Wildman–Crippen LogP) is 6.68. The van der Waals surface area contributed by atoms with Crippen LogP contribution in [-0.4, -0.2) is 0 Å². The summed E-state index contributed by atoms with van der Waals surface area (Å²) in [7, 11) is 2.05. The van der Waals surface area contributed by atoms with Crippen molar-refractivity contribution in [2.45, 2.75) is 40.5 Å². The van der Waals surface area contributed by atoms with E-state index in [2.05, 4.69) is 55.4 Å². The van der Waals surface area contributed by atoms with Crippen LogP contribution in [0.3, 0.4) is 0 Å². The van der Waals surface area contributed by atoms with Crippen molar-refractivity contribution in [2.75, 3.05) is 0 Å². The first-order valence-electron chi connectivity index (χ1n) is 9.97. The van der Waals surface area contributed by atoms with Crippen LogP contribution >= 0.6 is 0 Å². The minimum atomic E-state index is -0.691. The van der Waals surface area contributed by atoms with Gasteiger partial charge in [0.05, 0.1) is 12.1 Å². The highest BCUT2D eigenvalue weighted by Gasteiger charge is 2.24. The average Bonchev–Trinajstić information content (AvgIpc) is 3.02. The molecule has 0 spiro atoms. The number of nitrogens with zero attached hydrogens (tertiary/aromatic N) is 2. The summed E-state index contributed by atoms with van der Waals surface area (Å²) >= 11 is 0. The Balaban J connectivity index is 2.15. The zero-order valence-corrected chi connectivity index (χ0v) is 17.3. The fourth-order valence-corrected chi connectivity index (χ4v) is 4.02. The summed E-state index contributed by atoms with van der Waals surface area (Å²) in [5.41, 5.74) is 8.60. The summed E-state index contributed by atoms with van der Waals surface area (Å²) in [4.78, 5) is 3.54. The van der Waals surface area contributed by atoms with Crippen LogP contribution in [0.4, 0.5) is 5.69 Å². The van der Waals surface area contributed by atoms with E-state index in [1.54, 1.807) is 0 Å². The van der Waals surface area contributed by atoms with Gasteiger partial charge in [-0.1, -0.05) is 32.0 Å². The first kappa shape index (κ1) is 17.0. The van der Waals surface area contributed by atoms with Gasteiger partial charge in [-0.15, -0.1) is 0 Å². The SMILES string of the molecule is [2H]C(C)(C)c1cc(C)[n+](C)c(-c2c(C)cc(C)c3c2oc2cc([N+]#[C-])ccc23)c1. The number of hydrogen-bond donors (Lipinski definition) is 0. The Labute approximate surface area is 167 Å². The van der Waals surface area contributed by atoms with Crippen LogP contribution < -0.4 is 4.57 Å². The van der Waals surface area contributed by atoms with Crippen LogP contribution in [0, 0.1) is 27.3 Å². The van der Waals surface area contributed by atoms with E-state index in [1.807, 2.05) is 32.0 Å². The predicted molar refractivity (Wildman–Crippen MR) is 115 cm³/mol. The molecule has 3 heteroatoms. The Bertz CT molecular complexity index is 1330. The van der Waals surface area contributed by atoms with Crippen LogP contribution in [-0.2, 0) is 7.05 Å². The smallest absolute Gasteiger partial charge is 0.216 e. The van der Waals surface area contributed by atoms with Crippen molar-refractivity contribution in [3.05, 3.63) is 70.2 Å². The van der Waals surface area contributed by atoms with Gasteiger partial charge in [-0.2, -0.15) is 4.57 Å². The zero-order chi connectivity index (χ0) is 21.1. The molecule has 28 heavy (non-hydrogen) atoms. The maximum absolute atomic E-state index is 8.52. The summed E-state index contributed by atoms with van der Waals surface area (Å²) in [5, 5.41) is 2.12. The van der Waals surface area contributed by atoms with Gasteiger partial charge in [0, 0.05) is 31.2 Å². The second-order valence-electron chi connectivity index (χ2n) is 7.81. The van der Waals surface area contributed by atoms with Gasteiger partial charge in [0.1, 0.15) is 18.2 Å². The summed E-state index contributed by atoms with van der Waals surface area (Å²) in [6, 6.07) is 12.0. The lowest BCUT2D eigenvalue weighted by Crippen LogP contribution is -2.35. The Kier molecular flexibility index (Phi) is 3.94. The van der Waals surface area contributed by atoms with Gasteiger partial charge in [0.2, 0.25) is 5.69 Å². The molecule has 0 saturated heterocycles. The molecule has 0 atom stereocenters. The van der Waals surface area contributed by atoms with Crippen LogP contribution in [0.15, 0.2) is 40.8 Å². The number of furan rings is 1. The van der Waals surface area contributed by atoms with Crippen molar-refractivity contribution in [1.29, 1.82) is 0 Å². The highest BCUT2D eigenvalue weighted by Crippen LogP contribution is 2.40. The summed E-state index contributed by atoms with van der Waals surface area (Å²) in [6.45, 7) is 17.4. The van der Waals surface area contributed by atoms with Crippen LogP contribution in [0.1, 0.15) is 43.5 Å². The fraction of sp³-hybridized carbons (Fsp3) is 0.280. The molecule has 0 aliphatic carbocycles. The fourth-order valence-electron chi connectivity index (χ4n) is 4.02. The highest BCUT2D eigenvalue weighted by atomic mass is 16.3. The van der Waals surface area contributed by atoms with Crippen molar-refractivity contribution >= 4 is 27.6 Å². The second kappa shape index (κ2) is 6.49. The van der Waals surface area contributed by atoms with Gasteiger partial charge in [-0.25, -0.2) is 4.85 Å². The molecule has 140 valence electrons. The molecule has 0 unspecified atom stereocenters. The lowest BCUT2D eigenvalue weighted by molar-refractivity contribution is -0.666. The molecule has 0 N–H and O–H groups in total. The highest BCUT2D eigenvalue weighted by molar-refractivity contribution is 6.12. The van der Waals surface area contributed by atoms with Gasteiger partial charge >= 0.3 is 0 Å². The molecular weight excluding hydrogens is 344 g/mol. The van der Waals surface area contributed by atoms with Crippen molar-refractivity contribution in [3.63, 3.8) is 0 Å². The van der Waals surface area contributed by atoms with Crippen molar-refractivity contribution in [1.82, 2.24) is 0 Å². The normalized spacial score (nSPS) is 12.4. The Hall–Kier alpha value is -3.12. The molecule has 2 heterocycles. The minimum Gasteiger partial charge on any atom is -0.456 e. The topological polar surface area (TPSA) is 21.4 Å². The molecule has 0 aliphatic heterocycles. The number of benzene rings is 2. The molecule has 2 aromatic heterocycles. The van der Waals surface area contributed by atoms with Gasteiger partial charge in [0.25, 0.3) is 0 Å². The number of aryl methyl sites for hydroxylation is 3. The maximum Gasteiger partial charge on any atom is 0.216 e. The molecule has 0 bridgehead atoms. The molecular formula is C25H25N2O+. The zero-order valence-electron chi connectivity index (χ0n) is 18.3. The Morgan fingerprint density at radius 2 is 1.82 bits per heavy atom. The first-order valence-corrected chi connectivity index (χ1v) is 9.47. The van der Waals surface area contributed by atoms with Crippen LogP contribution in [0.25, 0.3) is 38.0 Å². The second-order valence-corrected chi connectivity index (χ2v) is 7.81. The first-order chi connectivity index (χ1) is 13.6. The molecule has 0 radical (unpaired) electrons. The number of aromatic nitrogens is 1. The molecule has 0 amide bonds. The monoisotopic (exact) mass is 370 g/mol. The summed E-state index contributed by atoms with van der Waals surface area (Å²) in [5.74, 6) is -0.691. The largest absolute Gasteiger partial charge is 0.456 e. The molecule has 2 aromatic carbocycles. The third-order valence-corrected chi connectivity index (χ3v) is 5.63. The van der Waals surface area contributed by atoms with E-state index in [1.165, 1.54) is 0 Å². The van der Waals surface area contributed by atoms with E-state index in [0.29, 0.717) is 5.69 Å². The van der Waals surface area contributed by atoms with Gasteiger partial charge < -0.3 is 4.42 Å². The Morgan fingerprint density at radius 1 is 1.07 bits per heavy atom. The van der Waals surface area contributed by atoms with Gasteiger partial charge in [-0.05, 0) is 42.5 Å². The van der Waals surface area contributed by atoms with E-state index in [9.17, 15) is 0 Å². The molecule has 4 aromatic rings. The number of rotatable bonds is 2. The van der Waals surface area contributed by atoms with Crippen molar-refractivity contribution in [2.24, 2.45) is 7.05 Å². The molecule has 4 rings (SSSR count). The minimum absolute atomic E-state index is 0.576. The summed E-state index contributed by atoms with van der Waals surface area (Å²) < 4.78 is 17.0. The quantitative estimate of drug-likeness (QED) is 0.285. The number of hydrogen-bond acceptors (Lipinski definition) is 1. The molecule has 0 aliphatic rings. The average molecular weight is 370 g/mol. The van der Waals surface area contributed by atoms with E-state index in [0.717, 1.165) is 55.6 Å². The van der Waals surface area contributed by atoms with Gasteiger partial charge in [-0.3, -0.25) is 0 Å². The lowest BCUT2D eigenvalue weighted by atomic mass is 9.94. The van der Waals surface area contributed by atoms with E-state index >= 15 is 0 Å². The van der Waals surface area contributed by atoms with Crippen LogP contribution in [0.5, 0.6) is 0 Å². The van der Waals surface area contributed by atoms with E-state index < -0.39 is 5.89 Å². The molecule has 0 fully saturated rings. The van der Waals surface area contributed by atoms with Crippen molar-refractivity contribution in [3.8, 4) is 11.3 Å². The van der Waals surface area contributed by atoms with Crippen LogP contribution in [0.2, 0.25) is 0 Å². The van der Waals surface area contributed by atoms with E-state index in [4.69, 9.17) is 12.4 Å². The third-order valence-electron chi connectivity index (χ3n) is 5.63. The Morgan fingerprint density at radius 3 is 2.50 bits per heavy atom. The number of pyridine rings is 1. The lowest BCUT2D eigenvalue weighted by Gasteiger charge is -2.12. The van der Waals surface area contributed by atoms with E-state index in [-0.39, 0.29) is 0 Å². The number of fused-ring (bicyclic) bond motifs is 3. The standard InChI is InChI=1S/C25H25N2O/c1-14(2)18-11-17(5)27(7)21(12-18)24-16(4)10-15(3)23-20-9-8-19(26-6)13-22(20)28-25(23)24/h8-14H,1-5,7H3/q+1/i14D. The maximum atomic E-state index is 8.52. The molecule has 0 saturated carbocycles. The molecule has 3 nitrogen and oxygen atoms in total. The third kappa shape index (κ3) is 2.68. The van der Waals surface area contributed by atoms with Gasteiger partial charge in [0.15, 0.2) is 11.4 Å².